The standard InChI is InChI=1S/C23H29NO/c1-4-19-15-20(23(19,2)3)16-21(25)24-22(17-11-7-5-8-12-17)18-13-9-6-10-14-18/h5-14,19-20,22H,4,15-16H2,1-3H3,(H,24,25). The molecule has 1 saturated carbocycles. The van der Waals surface area contributed by atoms with Gasteiger partial charge in [0.25, 0.3) is 0 Å². The van der Waals surface area contributed by atoms with E-state index >= 15 is 0 Å². The monoisotopic (exact) mass is 335 g/mol. The van der Waals surface area contributed by atoms with E-state index in [-0.39, 0.29) is 17.4 Å². The highest BCUT2D eigenvalue weighted by molar-refractivity contribution is 5.77. The van der Waals surface area contributed by atoms with Gasteiger partial charge >= 0.3 is 0 Å². The maximum atomic E-state index is 12.8. The summed E-state index contributed by atoms with van der Waals surface area (Å²) in [7, 11) is 0. The van der Waals surface area contributed by atoms with Crippen molar-refractivity contribution in [3.63, 3.8) is 0 Å². The van der Waals surface area contributed by atoms with Crippen molar-refractivity contribution in [2.45, 2.75) is 46.1 Å². The number of carbonyl (C=O) groups excluding carboxylic acids is 1. The highest BCUT2D eigenvalue weighted by atomic mass is 16.1. The van der Waals surface area contributed by atoms with Crippen LogP contribution in [0, 0.1) is 17.3 Å². The average molecular weight is 335 g/mol. The molecule has 0 spiro atoms. The molecule has 0 aromatic heterocycles. The molecule has 1 fully saturated rings. The minimum Gasteiger partial charge on any atom is -0.345 e. The number of rotatable bonds is 6. The van der Waals surface area contributed by atoms with E-state index in [1.165, 1.54) is 12.8 Å². The number of carbonyl (C=O) groups is 1. The Morgan fingerprint density at radius 1 is 1.00 bits per heavy atom. The topological polar surface area (TPSA) is 29.1 Å². The Morgan fingerprint density at radius 3 is 1.96 bits per heavy atom. The number of hydrogen-bond acceptors (Lipinski definition) is 1. The van der Waals surface area contributed by atoms with Gasteiger partial charge in [-0.3, -0.25) is 4.79 Å². The van der Waals surface area contributed by atoms with Crippen molar-refractivity contribution in [3.05, 3.63) is 71.8 Å². The Bertz CT molecular complexity index is 653. The maximum Gasteiger partial charge on any atom is 0.221 e. The van der Waals surface area contributed by atoms with Crippen LogP contribution in [0.2, 0.25) is 0 Å². The third-order valence-electron chi connectivity index (χ3n) is 6.17. The van der Waals surface area contributed by atoms with E-state index < -0.39 is 0 Å². The van der Waals surface area contributed by atoms with E-state index in [1.807, 2.05) is 36.4 Å². The van der Waals surface area contributed by atoms with Crippen molar-refractivity contribution >= 4 is 5.91 Å². The molecule has 132 valence electrons. The lowest BCUT2D eigenvalue weighted by atomic mass is 9.53. The molecule has 1 N–H and O–H groups in total. The van der Waals surface area contributed by atoms with Gasteiger partial charge in [0.05, 0.1) is 6.04 Å². The Kier molecular flexibility index (Phi) is 5.27. The minimum atomic E-state index is -0.0833. The largest absolute Gasteiger partial charge is 0.345 e. The molecule has 2 aromatic rings. The summed E-state index contributed by atoms with van der Waals surface area (Å²) in [6.45, 7) is 6.88. The summed E-state index contributed by atoms with van der Waals surface area (Å²) in [6, 6.07) is 20.4. The number of benzene rings is 2. The first-order chi connectivity index (χ1) is 12.0. The van der Waals surface area contributed by atoms with Crippen LogP contribution in [0.15, 0.2) is 60.7 Å². The summed E-state index contributed by atoms with van der Waals surface area (Å²) in [5, 5.41) is 3.28. The molecule has 2 nitrogen and oxygen atoms in total. The van der Waals surface area contributed by atoms with Crippen molar-refractivity contribution in [2.24, 2.45) is 17.3 Å². The Balaban J connectivity index is 1.72. The van der Waals surface area contributed by atoms with Gasteiger partial charge in [0.2, 0.25) is 5.91 Å². The molecule has 2 aromatic carbocycles. The minimum absolute atomic E-state index is 0.0833. The second kappa shape index (κ2) is 7.43. The molecule has 0 aliphatic heterocycles. The molecule has 0 saturated heterocycles. The molecule has 2 atom stereocenters. The lowest BCUT2D eigenvalue weighted by Gasteiger charge is -2.52. The zero-order chi connectivity index (χ0) is 17.9. The highest BCUT2D eigenvalue weighted by Gasteiger charge is 2.47. The number of nitrogens with one attached hydrogen (secondary N) is 1. The van der Waals surface area contributed by atoms with Gasteiger partial charge < -0.3 is 5.32 Å². The second-order valence-corrected chi connectivity index (χ2v) is 7.89. The predicted molar refractivity (Wildman–Crippen MR) is 103 cm³/mol. The first-order valence-electron chi connectivity index (χ1n) is 9.41. The summed E-state index contributed by atoms with van der Waals surface area (Å²) in [4.78, 5) is 12.8. The van der Waals surface area contributed by atoms with Crippen LogP contribution in [0.4, 0.5) is 0 Å². The summed E-state index contributed by atoms with van der Waals surface area (Å²) in [6.07, 6.45) is 3.01. The molecule has 1 aliphatic rings. The van der Waals surface area contributed by atoms with Crippen LogP contribution < -0.4 is 5.32 Å². The lowest BCUT2D eigenvalue weighted by molar-refractivity contribution is -0.127. The van der Waals surface area contributed by atoms with E-state index in [0.29, 0.717) is 12.3 Å². The third kappa shape index (κ3) is 3.78. The second-order valence-electron chi connectivity index (χ2n) is 7.89. The molecular formula is C23H29NO. The molecule has 2 heteroatoms. The number of amides is 1. The molecule has 1 amide bonds. The van der Waals surface area contributed by atoms with Gasteiger partial charge in [0, 0.05) is 6.42 Å². The smallest absolute Gasteiger partial charge is 0.221 e. The summed E-state index contributed by atoms with van der Waals surface area (Å²) in [5.41, 5.74) is 2.53. The van der Waals surface area contributed by atoms with Gasteiger partial charge in [-0.1, -0.05) is 87.9 Å². The Morgan fingerprint density at radius 2 is 1.52 bits per heavy atom. The molecule has 3 rings (SSSR count). The fraction of sp³-hybridized carbons (Fsp3) is 0.435. The summed E-state index contributed by atoms with van der Waals surface area (Å²) in [5.74, 6) is 1.40. The lowest BCUT2D eigenvalue weighted by Crippen LogP contribution is -2.46. The van der Waals surface area contributed by atoms with E-state index in [0.717, 1.165) is 17.0 Å². The van der Waals surface area contributed by atoms with Crippen molar-refractivity contribution in [1.29, 1.82) is 0 Å². The molecule has 1 aliphatic carbocycles. The van der Waals surface area contributed by atoms with E-state index in [4.69, 9.17) is 0 Å². The third-order valence-corrected chi connectivity index (χ3v) is 6.17. The van der Waals surface area contributed by atoms with Crippen molar-refractivity contribution < 1.29 is 4.79 Å². The van der Waals surface area contributed by atoms with Gasteiger partial charge in [-0.2, -0.15) is 0 Å². The van der Waals surface area contributed by atoms with Crippen LogP contribution in [-0.2, 0) is 4.79 Å². The van der Waals surface area contributed by atoms with E-state index in [1.54, 1.807) is 0 Å². The van der Waals surface area contributed by atoms with Crippen LogP contribution in [0.3, 0.4) is 0 Å². The van der Waals surface area contributed by atoms with Crippen molar-refractivity contribution in [1.82, 2.24) is 5.32 Å². The zero-order valence-corrected chi connectivity index (χ0v) is 15.5. The normalized spacial score (nSPS) is 21.6. The van der Waals surface area contributed by atoms with Crippen LogP contribution in [0.5, 0.6) is 0 Å². The van der Waals surface area contributed by atoms with Crippen LogP contribution in [0.25, 0.3) is 0 Å². The number of hydrogen-bond donors (Lipinski definition) is 1. The average Bonchev–Trinajstić information content (AvgIpc) is 2.64. The van der Waals surface area contributed by atoms with E-state index in [2.05, 4.69) is 50.4 Å². The molecule has 25 heavy (non-hydrogen) atoms. The Labute approximate surface area is 151 Å². The SMILES string of the molecule is CCC1CC(CC(=O)NC(c2ccccc2)c2ccccc2)C1(C)C. The van der Waals surface area contributed by atoms with Crippen molar-refractivity contribution in [2.75, 3.05) is 0 Å². The van der Waals surface area contributed by atoms with Crippen molar-refractivity contribution in [3.8, 4) is 0 Å². The fourth-order valence-electron chi connectivity index (χ4n) is 4.26. The molecule has 0 radical (unpaired) electrons. The maximum absolute atomic E-state index is 12.8. The van der Waals surface area contributed by atoms with Crippen LogP contribution in [-0.4, -0.2) is 5.91 Å². The van der Waals surface area contributed by atoms with Gasteiger partial charge in [-0.05, 0) is 34.8 Å². The highest BCUT2D eigenvalue weighted by Crippen LogP contribution is 2.54. The predicted octanol–water partition coefficient (Wildman–Crippen LogP) is 5.35. The fourth-order valence-corrected chi connectivity index (χ4v) is 4.26. The first kappa shape index (κ1) is 17.7. The Hall–Kier alpha value is -2.09. The first-order valence-corrected chi connectivity index (χ1v) is 9.41. The molecule has 2 unspecified atom stereocenters. The van der Waals surface area contributed by atoms with Gasteiger partial charge in [-0.15, -0.1) is 0 Å². The zero-order valence-electron chi connectivity index (χ0n) is 15.5. The van der Waals surface area contributed by atoms with E-state index in [9.17, 15) is 4.79 Å². The van der Waals surface area contributed by atoms with Crippen LogP contribution in [0.1, 0.15) is 57.2 Å². The van der Waals surface area contributed by atoms with Crippen LogP contribution >= 0.6 is 0 Å². The molecule has 0 heterocycles. The summed E-state index contributed by atoms with van der Waals surface area (Å²) < 4.78 is 0. The molecular weight excluding hydrogens is 306 g/mol. The quantitative estimate of drug-likeness (QED) is 0.757. The van der Waals surface area contributed by atoms with Gasteiger partial charge in [-0.25, -0.2) is 0 Å². The van der Waals surface area contributed by atoms with Gasteiger partial charge in [0.15, 0.2) is 0 Å². The molecule has 0 bridgehead atoms. The van der Waals surface area contributed by atoms with Gasteiger partial charge in [0.1, 0.15) is 0 Å². The summed E-state index contributed by atoms with van der Waals surface area (Å²) >= 11 is 0.